The van der Waals surface area contributed by atoms with E-state index in [1.807, 2.05) is 0 Å². The summed E-state index contributed by atoms with van der Waals surface area (Å²) < 4.78 is 5.48. The number of phenols is 3. The monoisotopic (exact) mass is 279 g/mol. The van der Waals surface area contributed by atoms with Gasteiger partial charge in [0.15, 0.2) is 17.2 Å². The Kier molecular flexibility index (Phi) is 3.17. The van der Waals surface area contributed by atoms with Crippen molar-refractivity contribution in [3.8, 4) is 17.2 Å². The molecule has 4 rings (SSSR count). The summed E-state index contributed by atoms with van der Waals surface area (Å²) in [6.45, 7) is 2.85. The lowest BCUT2D eigenvalue weighted by atomic mass is 9.86. The molecule has 3 saturated heterocycles. The Morgan fingerprint density at radius 2 is 1.75 bits per heavy atom. The molecule has 1 aromatic rings. The lowest BCUT2D eigenvalue weighted by molar-refractivity contribution is -0.0456. The largest absolute Gasteiger partial charge is 0.504 e. The zero-order chi connectivity index (χ0) is 14.3. The zero-order valence-electron chi connectivity index (χ0n) is 11.0. The zero-order valence-corrected chi connectivity index (χ0v) is 11.0. The molecule has 3 fully saturated rings. The van der Waals surface area contributed by atoms with Gasteiger partial charge in [-0.05, 0) is 44.0 Å². The average Bonchev–Trinajstić information content (AvgIpc) is 2.45. The number of esters is 1. The molecule has 6 heteroatoms. The van der Waals surface area contributed by atoms with Gasteiger partial charge in [0.25, 0.3) is 0 Å². The van der Waals surface area contributed by atoms with E-state index >= 15 is 0 Å². The summed E-state index contributed by atoms with van der Waals surface area (Å²) in [4.78, 5) is 14.3. The number of phenolic OH excluding ortho intramolecular Hbond substituents is 3. The first-order valence-electron chi connectivity index (χ1n) is 6.73. The summed E-state index contributed by atoms with van der Waals surface area (Å²) >= 11 is 0. The number of carbonyl (C=O) groups is 1. The van der Waals surface area contributed by atoms with Crippen molar-refractivity contribution in [3.05, 3.63) is 17.7 Å². The first kappa shape index (κ1) is 13.1. The normalized spacial score (nSPS) is 28.3. The Morgan fingerprint density at radius 3 is 2.25 bits per heavy atom. The third-order valence-electron chi connectivity index (χ3n) is 4.16. The Labute approximate surface area is 116 Å². The van der Waals surface area contributed by atoms with Crippen molar-refractivity contribution >= 4 is 5.97 Å². The number of benzene rings is 1. The molecule has 0 saturated carbocycles. The lowest BCUT2D eigenvalue weighted by Gasteiger charge is -2.43. The number of hydrogen-bond donors (Lipinski definition) is 3. The standard InChI is InChI=1S/C14H17NO5/c16-10-5-9(6-11(17)13(10)18)14(19)20-12-7-15-3-1-8(12)2-4-15/h5-6,8,12,16-18H,1-4,7H2. The minimum Gasteiger partial charge on any atom is -0.504 e. The Morgan fingerprint density at radius 1 is 1.15 bits per heavy atom. The number of fused-ring (bicyclic) bond motifs is 3. The quantitative estimate of drug-likeness (QED) is 0.554. The highest BCUT2D eigenvalue weighted by Gasteiger charge is 2.36. The van der Waals surface area contributed by atoms with Crippen molar-refractivity contribution in [3.63, 3.8) is 0 Å². The van der Waals surface area contributed by atoms with E-state index in [0.717, 1.165) is 44.6 Å². The van der Waals surface area contributed by atoms with Gasteiger partial charge in [0.05, 0.1) is 5.56 Å². The van der Waals surface area contributed by atoms with Crippen LogP contribution < -0.4 is 0 Å². The summed E-state index contributed by atoms with van der Waals surface area (Å²) in [5.41, 5.74) is 0.0363. The Hall–Kier alpha value is -1.95. The second kappa shape index (κ2) is 4.86. The molecule has 3 aliphatic heterocycles. The number of aromatic hydroxyl groups is 3. The number of ether oxygens (including phenoxy) is 1. The van der Waals surface area contributed by atoms with Crippen molar-refractivity contribution in [1.29, 1.82) is 0 Å². The van der Waals surface area contributed by atoms with Crippen molar-refractivity contribution in [2.24, 2.45) is 5.92 Å². The molecule has 0 aromatic heterocycles. The Balaban J connectivity index is 1.73. The second-order valence-electron chi connectivity index (χ2n) is 5.44. The first-order chi connectivity index (χ1) is 9.54. The van der Waals surface area contributed by atoms with Crippen molar-refractivity contribution < 1.29 is 24.9 Å². The number of hydrogen-bond acceptors (Lipinski definition) is 6. The number of carbonyl (C=O) groups excluding carboxylic acids is 1. The predicted octanol–water partition coefficient (Wildman–Crippen LogP) is 1.05. The fraction of sp³-hybridized carbons (Fsp3) is 0.500. The summed E-state index contributed by atoms with van der Waals surface area (Å²) in [7, 11) is 0. The van der Waals surface area contributed by atoms with Gasteiger partial charge in [-0.25, -0.2) is 4.79 Å². The van der Waals surface area contributed by atoms with Crippen molar-refractivity contribution in [2.45, 2.75) is 18.9 Å². The molecule has 0 amide bonds. The number of piperidine rings is 3. The van der Waals surface area contributed by atoms with Gasteiger partial charge < -0.3 is 20.1 Å². The van der Waals surface area contributed by atoms with Crippen LogP contribution in [0.15, 0.2) is 12.1 Å². The molecule has 3 heterocycles. The van der Waals surface area contributed by atoms with Crippen LogP contribution in [0.3, 0.4) is 0 Å². The topological polar surface area (TPSA) is 90.2 Å². The molecule has 0 aliphatic carbocycles. The maximum atomic E-state index is 12.1. The molecule has 1 atom stereocenters. The van der Waals surface area contributed by atoms with E-state index in [-0.39, 0.29) is 11.7 Å². The summed E-state index contributed by atoms with van der Waals surface area (Å²) in [5.74, 6) is -1.90. The minimum absolute atomic E-state index is 0.0363. The second-order valence-corrected chi connectivity index (χ2v) is 5.44. The molecule has 0 spiro atoms. The third-order valence-corrected chi connectivity index (χ3v) is 4.16. The molecule has 3 N–H and O–H groups in total. The van der Waals surface area contributed by atoms with Crippen LogP contribution in [0.1, 0.15) is 23.2 Å². The molecule has 3 aliphatic rings. The highest BCUT2D eigenvalue weighted by Crippen LogP contribution is 2.36. The van der Waals surface area contributed by atoms with Gasteiger partial charge in [0, 0.05) is 6.54 Å². The molecule has 1 unspecified atom stereocenters. The third kappa shape index (κ3) is 2.27. The van der Waals surface area contributed by atoms with Gasteiger partial charge in [0.1, 0.15) is 6.10 Å². The van der Waals surface area contributed by atoms with E-state index in [0.29, 0.717) is 5.92 Å². The maximum absolute atomic E-state index is 12.1. The van der Waals surface area contributed by atoms with E-state index < -0.39 is 23.2 Å². The predicted molar refractivity (Wildman–Crippen MR) is 69.8 cm³/mol. The molecule has 2 bridgehead atoms. The summed E-state index contributed by atoms with van der Waals surface area (Å²) in [5, 5.41) is 28.1. The highest BCUT2D eigenvalue weighted by atomic mass is 16.5. The number of rotatable bonds is 2. The van der Waals surface area contributed by atoms with Crippen LogP contribution in [-0.2, 0) is 4.74 Å². The first-order valence-corrected chi connectivity index (χ1v) is 6.73. The van der Waals surface area contributed by atoms with Crippen LogP contribution in [0.25, 0.3) is 0 Å². The van der Waals surface area contributed by atoms with Crippen molar-refractivity contribution in [2.75, 3.05) is 19.6 Å². The van der Waals surface area contributed by atoms with Gasteiger partial charge in [0.2, 0.25) is 0 Å². The van der Waals surface area contributed by atoms with Gasteiger partial charge in [-0.2, -0.15) is 0 Å². The van der Waals surface area contributed by atoms with E-state index in [2.05, 4.69) is 4.90 Å². The van der Waals surface area contributed by atoms with Crippen LogP contribution in [-0.4, -0.2) is 51.9 Å². The fourth-order valence-corrected chi connectivity index (χ4v) is 2.97. The molecular weight excluding hydrogens is 262 g/mol. The van der Waals surface area contributed by atoms with Crippen LogP contribution in [0.4, 0.5) is 0 Å². The minimum atomic E-state index is -0.635. The lowest BCUT2D eigenvalue weighted by Crippen LogP contribution is -2.51. The van der Waals surface area contributed by atoms with Gasteiger partial charge in [-0.3, -0.25) is 4.90 Å². The fourth-order valence-electron chi connectivity index (χ4n) is 2.97. The molecular formula is C14H17NO5. The average molecular weight is 279 g/mol. The molecule has 6 nitrogen and oxygen atoms in total. The summed E-state index contributed by atoms with van der Waals surface area (Å²) in [6.07, 6.45) is 1.93. The van der Waals surface area contributed by atoms with E-state index in [1.54, 1.807) is 0 Å². The SMILES string of the molecule is O=C(OC1CN2CCC1CC2)c1cc(O)c(O)c(O)c1. The van der Waals surface area contributed by atoms with Gasteiger partial charge in [-0.1, -0.05) is 0 Å². The van der Waals surface area contributed by atoms with E-state index in [1.165, 1.54) is 0 Å². The summed E-state index contributed by atoms with van der Waals surface area (Å²) in [6, 6.07) is 2.19. The number of nitrogens with zero attached hydrogens (tertiary/aromatic N) is 1. The van der Waals surface area contributed by atoms with Crippen LogP contribution in [0, 0.1) is 5.92 Å². The van der Waals surface area contributed by atoms with Gasteiger partial charge in [-0.15, -0.1) is 0 Å². The van der Waals surface area contributed by atoms with E-state index in [4.69, 9.17) is 4.74 Å². The molecule has 1 aromatic carbocycles. The van der Waals surface area contributed by atoms with Crippen LogP contribution in [0.5, 0.6) is 17.2 Å². The van der Waals surface area contributed by atoms with Crippen LogP contribution >= 0.6 is 0 Å². The Bertz CT molecular complexity index is 513. The molecule has 0 radical (unpaired) electrons. The van der Waals surface area contributed by atoms with Gasteiger partial charge >= 0.3 is 5.97 Å². The van der Waals surface area contributed by atoms with E-state index in [9.17, 15) is 20.1 Å². The highest BCUT2D eigenvalue weighted by molar-refractivity contribution is 5.91. The molecule has 108 valence electrons. The van der Waals surface area contributed by atoms with Crippen LogP contribution in [0.2, 0.25) is 0 Å². The smallest absolute Gasteiger partial charge is 0.338 e. The maximum Gasteiger partial charge on any atom is 0.338 e. The molecule has 20 heavy (non-hydrogen) atoms. The van der Waals surface area contributed by atoms with Crippen molar-refractivity contribution in [1.82, 2.24) is 4.90 Å².